The molecule has 3 fully saturated rings. The van der Waals surface area contributed by atoms with Crippen LogP contribution < -0.4 is 36.4 Å². The van der Waals surface area contributed by atoms with Gasteiger partial charge < -0.3 is 63.7 Å². The predicted octanol–water partition coefficient (Wildman–Crippen LogP) is 5.08. The van der Waals surface area contributed by atoms with Gasteiger partial charge in [0.25, 0.3) is 35.4 Å². The number of rotatable bonds is 21. The highest BCUT2D eigenvalue weighted by Gasteiger charge is 2.28. The number of carbonyl (C=O) groups excluding carboxylic acids is 7. The number of benzene rings is 6. The van der Waals surface area contributed by atoms with Gasteiger partial charge in [0, 0.05) is 99.3 Å². The molecular weight excluding hydrogens is 1250 g/mol. The van der Waals surface area contributed by atoms with Crippen molar-refractivity contribution in [2.75, 3.05) is 110 Å². The Bertz CT molecular complexity index is 4530. The number of imidazole rings is 3. The molecule has 0 saturated carbocycles. The second kappa shape index (κ2) is 31.5. The van der Waals surface area contributed by atoms with Crippen molar-refractivity contribution in [1.82, 2.24) is 28.7 Å². The number of amides is 7. The lowest BCUT2D eigenvalue weighted by atomic mass is 10.1. The molecule has 4 aliphatic heterocycles. The maximum Gasteiger partial charge on any atom is 0.276 e. The Morgan fingerprint density at radius 3 is 1.39 bits per heavy atom. The number of aryl methyl sites for hydroxylation is 4. The minimum Gasteiger partial charge on any atom is -0.396 e. The minimum absolute atomic E-state index is 0.00234. The van der Waals surface area contributed by atoms with E-state index < -0.39 is 5.91 Å². The first-order valence-corrected chi connectivity index (χ1v) is 31.6. The van der Waals surface area contributed by atoms with Gasteiger partial charge in [0.05, 0.1) is 71.1 Å². The Labute approximate surface area is 555 Å². The minimum atomic E-state index is -0.398. The number of hydrogen-bond donors (Lipinski definition) is 7. The molecule has 6 aromatic carbocycles. The van der Waals surface area contributed by atoms with Gasteiger partial charge in [0.1, 0.15) is 25.5 Å². The van der Waals surface area contributed by atoms with Crippen LogP contribution in [0.5, 0.6) is 0 Å². The number of nitrogens with two attached hydrogens (primary N) is 1. The molecule has 500 valence electrons. The van der Waals surface area contributed by atoms with Gasteiger partial charge in [-0.1, -0.05) is 42.5 Å². The summed E-state index contributed by atoms with van der Waals surface area (Å²) < 4.78 is 21.1. The van der Waals surface area contributed by atoms with E-state index in [1.165, 1.54) is 6.07 Å². The first kappa shape index (κ1) is 67.4. The molecule has 3 aromatic heterocycles. The normalized spacial score (nSPS) is 14.5. The molecule has 0 radical (unpaired) electrons. The van der Waals surface area contributed by atoms with Crippen molar-refractivity contribution >= 4 is 115 Å². The van der Waals surface area contributed by atoms with Gasteiger partial charge in [-0.2, -0.15) is 5.26 Å². The van der Waals surface area contributed by atoms with Crippen LogP contribution in [-0.2, 0) is 70.8 Å². The van der Waals surface area contributed by atoms with Crippen LogP contribution in [0.2, 0.25) is 0 Å². The van der Waals surface area contributed by atoms with Crippen molar-refractivity contribution in [1.29, 1.82) is 5.26 Å². The molecule has 8 N–H and O–H groups in total. The number of morpholine rings is 3. The topological polar surface area (TPSA) is 369 Å². The van der Waals surface area contributed by atoms with E-state index in [9.17, 15) is 48.9 Å². The summed E-state index contributed by atoms with van der Waals surface area (Å²) in [6, 6.07) is 39.7. The van der Waals surface area contributed by atoms with Crippen molar-refractivity contribution in [3.63, 3.8) is 0 Å². The monoisotopic (exact) mass is 1320 g/mol. The highest BCUT2D eigenvalue weighted by Crippen LogP contribution is 2.31. The smallest absolute Gasteiger partial charge is 0.276 e. The molecular formula is C69H71N15O13. The maximum atomic E-state index is 13.0. The highest BCUT2D eigenvalue weighted by atomic mass is 16.5. The standard InChI is InChI=1S/C24H27N5O5.C23H23N5O4.C22H21N5O4/c25-21(31)8-5-16-3-1-4-17(13-16)23(33)27-24-26-19-14-18(28-10-12-34-15-22(28)32)6-7-20(19)29(24)9-2-11-30;29-10-3-8-28-19-7-6-16(27-9-11-32-14-20(27)30)12-18(19)25-23(28)26-22(31)21-17-5-2-1-4-15(17)13-24-21;23-13-15-3-1-4-16(11-15)21(30)25-22-24-18-12-17(26-8-10-31-14-20(26)29)5-6-19(18)27(22)7-2-9-28/h1,3-4,6-7,13-14,30H,2,5,8-12,15H2,(H2,25,31)(H,26,27,33);1-2,4-7,12,29H,3,8-11,13-14H2,(H,25,26,31);1,3-6,11-12,28H,2,7-10,14H2,(H,24,25,30). The number of nitrogens with zero attached hydrogens (tertiary/aromatic N) is 11. The van der Waals surface area contributed by atoms with Crippen LogP contribution in [0.15, 0.2) is 132 Å². The van der Waals surface area contributed by atoms with Crippen LogP contribution in [0.4, 0.5) is 34.9 Å². The first-order chi connectivity index (χ1) is 47.2. The van der Waals surface area contributed by atoms with E-state index in [4.69, 9.17) is 25.2 Å². The zero-order valence-electron chi connectivity index (χ0n) is 52.9. The Balaban J connectivity index is 0.000000148. The fourth-order valence-electron chi connectivity index (χ4n) is 11.6. The van der Waals surface area contributed by atoms with Gasteiger partial charge in [0.15, 0.2) is 0 Å². The number of fused-ring (bicyclic) bond motifs is 4. The lowest BCUT2D eigenvalue weighted by Gasteiger charge is -2.26. The van der Waals surface area contributed by atoms with Gasteiger partial charge in [-0.05, 0) is 122 Å². The van der Waals surface area contributed by atoms with Crippen molar-refractivity contribution in [2.24, 2.45) is 10.7 Å². The van der Waals surface area contributed by atoms with E-state index in [0.29, 0.717) is 159 Å². The number of aromatic nitrogens is 6. The fourth-order valence-corrected chi connectivity index (χ4v) is 11.6. The highest BCUT2D eigenvalue weighted by molar-refractivity contribution is 6.49. The number of aliphatic imine (C=N–C) groups is 1. The first-order valence-electron chi connectivity index (χ1n) is 31.6. The molecule has 7 amide bonds. The largest absolute Gasteiger partial charge is 0.396 e. The van der Waals surface area contributed by atoms with E-state index in [-0.39, 0.29) is 81.5 Å². The molecule has 97 heavy (non-hydrogen) atoms. The van der Waals surface area contributed by atoms with E-state index in [1.807, 2.05) is 98.6 Å². The van der Waals surface area contributed by atoms with E-state index in [1.54, 1.807) is 57.2 Å². The lowest BCUT2D eigenvalue weighted by molar-refractivity contribution is -0.126. The zero-order chi connectivity index (χ0) is 68.0. The summed E-state index contributed by atoms with van der Waals surface area (Å²) >= 11 is 0. The van der Waals surface area contributed by atoms with E-state index in [2.05, 4.69) is 35.9 Å². The second-order valence-electron chi connectivity index (χ2n) is 22.8. The third-order valence-corrected chi connectivity index (χ3v) is 16.4. The number of carbonyl (C=O) groups is 7. The number of ether oxygens (including phenoxy) is 3. The predicted molar refractivity (Wildman–Crippen MR) is 360 cm³/mol. The quantitative estimate of drug-likeness (QED) is 0.0493. The lowest BCUT2D eigenvalue weighted by Crippen LogP contribution is -2.41. The van der Waals surface area contributed by atoms with Crippen LogP contribution in [0.1, 0.15) is 68.7 Å². The number of anilines is 6. The van der Waals surface area contributed by atoms with E-state index in [0.717, 1.165) is 38.9 Å². The number of nitriles is 1. The van der Waals surface area contributed by atoms with Gasteiger partial charge >= 0.3 is 0 Å². The molecule has 3 saturated heterocycles. The SMILES string of the molecule is N#Cc1cccc(C(=O)Nc2nc3cc(N4CCOCC4=O)ccc3n2CCCO)c1.NC(=O)CCc1cccc(C(=O)Nc2nc3cc(N4CCOCC4=O)ccc3n2CCCO)c1.O=C(Nc1nc2cc(N3CCOCC3=O)ccc2n1CCCO)C1=NCc2ccccc21. The maximum absolute atomic E-state index is 13.0. The summed E-state index contributed by atoms with van der Waals surface area (Å²) in [7, 11) is 0. The van der Waals surface area contributed by atoms with Gasteiger partial charge in [-0.15, -0.1) is 0 Å². The van der Waals surface area contributed by atoms with Crippen LogP contribution >= 0.6 is 0 Å². The Hall–Kier alpha value is -11.1. The number of hydrogen-bond acceptors (Lipinski definition) is 18. The van der Waals surface area contributed by atoms with Crippen LogP contribution in [-0.4, -0.2) is 170 Å². The molecule has 28 nitrogen and oxygen atoms in total. The Morgan fingerprint density at radius 2 is 0.959 bits per heavy atom. The van der Waals surface area contributed by atoms with Crippen molar-refractivity contribution in [3.8, 4) is 6.07 Å². The summed E-state index contributed by atoms with van der Waals surface area (Å²) in [6.07, 6.45) is 2.15. The molecule has 9 aromatic rings. The Kier molecular flexibility index (Phi) is 21.8. The molecule has 0 aliphatic carbocycles. The molecule has 0 bridgehead atoms. The number of aliphatic hydroxyl groups is 3. The van der Waals surface area contributed by atoms with E-state index >= 15 is 0 Å². The molecule has 7 heterocycles. The molecule has 28 heteroatoms. The number of primary amides is 1. The molecule has 0 atom stereocenters. The molecule has 0 spiro atoms. The van der Waals surface area contributed by atoms with Crippen molar-refractivity contribution < 1.29 is 63.1 Å². The van der Waals surface area contributed by atoms with Gasteiger partial charge in [-0.3, -0.25) is 54.5 Å². The summed E-state index contributed by atoms with van der Waals surface area (Å²) in [5, 5.41) is 45.6. The van der Waals surface area contributed by atoms with Crippen LogP contribution in [0.25, 0.3) is 33.1 Å². The average molecular weight is 1320 g/mol. The summed E-state index contributed by atoms with van der Waals surface area (Å²) in [5.41, 5.74) is 15.9. The molecule has 0 unspecified atom stereocenters. The third kappa shape index (κ3) is 15.9. The van der Waals surface area contributed by atoms with Gasteiger partial charge in [-0.25, -0.2) is 15.0 Å². The number of aliphatic hydroxyl groups excluding tert-OH is 3. The van der Waals surface area contributed by atoms with Crippen LogP contribution in [0.3, 0.4) is 0 Å². The van der Waals surface area contributed by atoms with Crippen molar-refractivity contribution in [2.45, 2.75) is 58.3 Å². The van der Waals surface area contributed by atoms with Crippen LogP contribution in [0, 0.1) is 11.3 Å². The summed E-state index contributed by atoms with van der Waals surface area (Å²) in [4.78, 5) is 110. The summed E-state index contributed by atoms with van der Waals surface area (Å²) in [6.45, 7) is 4.89. The molecule has 4 aliphatic rings. The third-order valence-electron chi connectivity index (χ3n) is 16.4. The fraction of sp³-hybridized carbons (Fsp3) is 0.304. The second-order valence-corrected chi connectivity index (χ2v) is 22.8. The molecule has 13 rings (SSSR count). The number of nitrogens with one attached hydrogen (secondary N) is 3. The van der Waals surface area contributed by atoms with Gasteiger partial charge in [0.2, 0.25) is 23.8 Å². The average Bonchev–Trinajstić information content (AvgIpc) is 1.66. The zero-order valence-corrected chi connectivity index (χ0v) is 52.9. The Morgan fingerprint density at radius 1 is 0.526 bits per heavy atom. The summed E-state index contributed by atoms with van der Waals surface area (Å²) in [5.74, 6) is -0.706. The van der Waals surface area contributed by atoms with Crippen molar-refractivity contribution in [3.05, 3.63) is 161 Å².